The zero-order valence-electron chi connectivity index (χ0n) is 15.4. The third-order valence-electron chi connectivity index (χ3n) is 4.05. The summed E-state index contributed by atoms with van der Waals surface area (Å²) in [6.07, 6.45) is -6.03. The normalized spacial score (nSPS) is 15.1. The van der Waals surface area contributed by atoms with E-state index in [1.165, 1.54) is 24.1 Å². The first-order valence-corrected chi connectivity index (χ1v) is 8.44. The Labute approximate surface area is 162 Å². The van der Waals surface area contributed by atoms with Gasteiger partial charge in [-0.1, -0.05) is 22.4 Å². The Bertz CT molecular complexity index is 920. The number of methoxy groups -OCH3 is 1. The lowest BCUT2D eigenvalue weighted by Gasteiger charge is -2.34. The predicted octanol–water partition coefficient (Wildman–Crippen LogP) is 2.82. The number of halogens is 4. The smallest absolute Gasteiger partial charge is 0.396 e. The van der Waals surface area contributed by atoms with E-state index < -0.39 is 35.7 Å². The van der Waals surface area contributed by atoms with E-state index in [9.17, 15) is 22.4 Å². The first-order valence-electron chi connectivity index (χ1n) is 8.44. The third kappa shape index (κ3) is 4.36. The van der Waals surface area contributed by atoms with Gasteiger partial charge in [0.25, 0.3) is 5.91 Å². The molecule has 1 atom stereocenters. The van der Waals surface area contributed by atoms with Gasteiger partial charge in [0.2, 0.25) is 5.82 Å². The molecule has 8 nitrogen and oxygen atoms in total. The zero-order chi connectivity index (χ0) is 21.2. The molecule has 2 aromatic rings. The number of alkyl halides is 3. The van der Waals surface area contributed by atoms with Crippen LogP contribution in [0.4, 0.5) is 17.6 Å². The molecular weight excluding hydrogens is 400 g/mol. The molecule has 3 rings (SSSR count). The first-order chi connectivity index (χ1) is 13.7. The van der Waals surface area contributed by atoms with E-state index >= 15 is 0 Å². The van der Waals surface area contributed by atoms with Crippen LogP contribution in [0.2, 0.25) is 0 Å². The Balaban J connectivity index is 1.76. The number of amides is 1. The molecule has 0 N–H and O–H groups in total. The van der Waals surface area contributed by atoms with Crippen LogP contribution < -0.4 is 0 Å². The van der Waals surface area contributed by atoms with Gasteiger partial charge in [0.05, 0.1) is 18.8 Å². The average molecular weight is 416 g/mol. The third-order valence-corrected chi connectivity index (χ3v) is 4.05. The maximum absolute atomic E-state index is 14.6. The predicted molar refractivity (Wildman–Crippen MR) is 90.1 cm³/mol. The second-order valence-electron chi connectivity index (χ2n) is 6.04. The van der Waals surface area contributed by atoms with Crippen molar-refractivity contribution in [3.63, 3.8) is 0 Å². The Morgan fingerprint density at radius 1 is 1.38 bits per heavy atom. The van der Waals surface area contributed by atoms with Gasteiger partial charge in [-0.05, 0) is 13.0 Å². The second kappa shape index (κ2) is 8.15. The largest absolute Gasteiger partial charge is 0.471 e. The van der Waals surface area contributed by atoms with Gasteiger partial charge in [-0.3, -0.25) is 4.79 Å². The molecule has 1 aromatic carbocycles. The van der Waals surface area contributed by atoms with Crippen molar-refractivity contribution in [2.45, 2.75) is 19.2 Å². The molecule has 1 aliphatic heterocycles. The molecule has 2 heterocycles. The standard InChI is InChI=1S/C17H16F4N4O4/c1-3-28-23-10-7-25(8-10)15(26)13(27-2)11-5-4-9(6-12(11)18)14-22-16(29-24-14)17(19,20)21/h4-6,13H,3,7-8H2,1-2H3. The highest BCUT2D eigenvalue weighted by molar-refractivity contribution is 6.00. The van der Waals surface area contributed by atoms with Crippen LogP contribution in [0.3, 0.4) is 0 Å². The topological polar surface area (TPSA) is 90.0 Å². The van der Waals surface area contributed by atoms with Gasteiger partial charge in [-0.25, -0.2) is 4.39 Å². The minimum Gasteiger partial charge on any atom is -0.396 e. The lowest BCUT2D eigenvalue weighted by atomic mass is 10.0. The number of carbonyl (C=O) groups excluding carboxylic acids is 1. The second-order valence-corrected chi connectivity index (χ2v) is 6.04. The molecule has 0 bridgehead atoms. The summed E-state index contributed by atoms with van der Waals surface area (Å²) >= 11 is 0. The number of oxime groups is 1. The molecule has 29 heavy (non-hydrogen) atoms. The molecule has 0 spiro atoms. The summed E-state index contributed by atoms with van der Waals surface area (Å²) in [6, 6.07) is 3.42. The highest BCUT2D eigenvalue weighted by Crippen LogP contribution is 2.31. The molecule has 1 saturated heterocycles. The average Bonchev–Trinajstić information content (AvgIpc) is 3.13. The van der Waals surface area contributed by atoms with Crippen LogP contribution in [0, 0.1) is 5.82 Å². The van der Waals surface area contributed by atoms with Gasteiger partial charge in [-0.2, -0.15) is 18.2 Å². The summed E-state index contributed by atoms with van der Waals surface area (Å²) in [5.74, 6) is -3.30. The maximum atomic E-state index is 14.6. The summed E-state index contributed by atoms with van der Waals surface area (Å²) in [7, 11) is 1.25. The van der Waals surface area contributed by atoms with Gasteiger partial charge < -0.3 is 19.0 Å². The molecule has 156 valence electrons. The van der Waals surface area contributed by atoms with Gasteiger partial charge in [0.15, 0.2) is 6.10 Å². The van der Waals surface area contributed by atoms with E-state index in [0.29, 0.717) is 12.3 Å². The summed E-state index contributed by atoms with van der Waals surface area (Å²) in [5, 5.41) is 7.03. The Hall–Kier alpha value is -3.02. The van der Waals surface area contributed by atoms with Crippen molar-refractivity contribution in [3.05, 3.63) is 35.5 Å². The minimum absolute atomic E-state index is 0.0390. The minimum atomic E-state index is -4.81. The number of hydrogen-bond acceptors (Lipinski definition) is 7. The number of carbonyl (C=O) groups is 1. The first kappa shape index (κ1) is 20.7. The van der Waals surface area contributed by atoms with E-state index in [1.807, 2.05) is 0 Å². The van der Waals surface area contributed by atoms with Crippen LogP contribution in [0.1, 0.15) is 24.5 Å². The fraction of sp³-hybridized carbons (Fsp3) is 0.412. The van der Waals surface area contributed by atoms with Crippen LogP contribution in [-0.4, -0.2) is 53.5 Å². The van der Waals surface area contributed by atoms with E-state index in [4.69, 9.17) is 9.57 Å². The number of benzene rings is 1. The molecule has 0 saturated carbocycles. The molecule has 0 radical (unpaired) electrons. The summed E-state index contributed by atoms with van der Waals surface area (Å²) in [4.78, 5) is 22.1. The van der Waals surface area contributed by atoms with Crippen molar-refractivity contribution in [2.75, 3.05) is 26.8 Å². The molecule has 1 amide bonds. The van der Waals surface area contributed by atoms with Gasteiger partial charge in [0, 0.05) is 18.2 Å². The highest BCUT2D eigenvalue weighted by atomic mass is 19.4. The van der Waals surface area contributed by atoms with Crippen LogP contribution in [0.5, 0.6) is 0 Å². The van der Waals surface area contributed by atoms with Crippen molar-refractivity contribution in [1.29, 1.82) is 0 Å². The quantitative estimate of drug-likeness (QED) is 0.531. The molecule has 1 aliphatic rings. The number of aromatic nitrogens is 2. The van der Waals surface area contributed by atoms with E-state index in [0.717, 1.165) is 6.07 Å². The summed E-state index contributed by atoms with van der Waals surface area (Å²) in [6.45, 7) is 2.65. The van der Waals surface area contributed by atoms with Crippen molar-refractivity contribution < 1.29 is 36.5 Å². The Morgan fingerprint density at radius 2 is 2.10 bits per heavy atom. The van der Waals surface area contributed by atoms with Crippen molar-refractivity contribution in [2.24, 2.45) is 5.16 Å². The lowest BCUT2D eigenvalue weighted by molar-refractivity contribution is -0.159. The molecule has 1 fully saturated rings. The molecular formula is C17H16F4N4O4. The fourth-order valence-electron chi connectivity index (χ4n) is 2.63. The molecule has 12 heteroatoms. The number of nitrogens with zero attached hydrogens (tertiary/aromatic N) is 4. The highest BCUT2D eigenvalue weighted by Gasteiger charge is 2.39. The van der Waals surface area contributed by atoms with Crippen molar-refractivity contribution in [3.8, 4) is 11.4 Å². The number of likely N-dealkylation sites (tertiary alicyclic amines) is 1. The van der Waals surface area contributed by atoms with Gasteiger partial charge >= 0.3 is 12.1 Å². The summed E-state index contributed by atoms with van der Waals surface area (Å²) < 4.78 is 61.6. The maximum Gasteiger partial charge on any atom is 0.471 e. The summed E-state index contributed by atoms with van der Waals surface area (Å²) in [5.41, 5.74) is 0.558. The van der Waals surface area contributed by atoms with Crippen LogP contribution in [-0.2, 0) is 20.5 Å². The van der Waals surface area contributed by atoms with Crippen molar-refractivity contribution >= 4 is 11.6 Å². The molecule has 1 unspecified atom stereocenters. The lowest BCUT2D eigenvalue weighted by Crippen LogP contribution is -2.52. The van der Waals surface area contributed by atoms with E-state index in [1.54, 1.807) is 6.92 Å². The van der Waals surface area contributed by atoms with E-state index in [2.05, 4.69) is 19.8 Å². The van der Waals surface area contributed by atoms with Crippen molar-refractivity contribution in [1.82, 2.24) is 15.0 Å². The fourth-order valence-corrected chi connectivity index (χ4v) is 2.63. The van der Waals surface area contributed by atoms with Gasteiger partial charge in [-0.15, -0.1) is 0 Å². The van der Waals surface area contributed by atoms with Gasteiger partial charge in [0.1, 0.15) is 12.4 Å². The monoisotopic (exact) mass is 416 g/mol. The van der Waals surface area contributed by atoms with Crippen LogP contribution in [0.25, 0.3) is 11.4 Å². The number of rotatable bonds is 6. The Morgan fingerprint density at radius 3 is 2.66 bits per heavy atom. The molecule has 1 aromatic heterocycles. The Kier molecular flexibility index (Phi) is 5.82. The number of ether oxygens (including phenoxy) is 1. The SMILES string of the molecule is CCON=C1CN(C(=O)C(OC)c2ccc(-c3noc(C(F)(F)F)n3)cc2F)C1. The zero-order valence-corrected chi connectivity index (χ0v) is 15.4. The van der Waals surface area contributed by atoms with E-state index in [-0.39, 0.29) is 24.2 Å². The number of hydrogen-bond donors (Lipinski definition) is 0. The van der Waals surface area contributed by atoms with Crippen LogP contribution >= 0.6 is 0 Å². The van der Waals surface area contributed by atoms with Crippen LogP contribution in [0.15, 0.2) is 27.9 Å². The molecule has 0 aliphatic carbocycles.